The highest BCUT2D eigenvalue weighted by atomic mass is 19.4. The number of aromatic nitrogens is 3. The number of anilines is 1. The average Bonchev–Trinajstić information content (AvgIpc) is 3.23. The molecule has 2 aliphatic rings. The fourth-order valence-electron chi connectivity index (χ4n) is 3.73. The van der Waals surface area contributed by atoms with Gasteiger partial charge in [-0.3, -0.25) is 4.79 Å². The van der Waals surface area contributed by atoms with Crippen LogP contribution in [0, 0.1) is 5.41 Å². The van der Waals surface area contributed by atoms with Crippen LogP contribution in [0.4, 0.5) is 19.1 Å². The van der Waals surface area contributed by atoms with Crippen molar-refractivity contribution in [3.8, 4) is 0 Å². The lowest BCUT2D eigenvalue weighted by atomic mass is 9.80. The third-order valence-electron chi connectivity index (χ3n) is 5.11. The van der Waals surface area contributed by atoms with Crippen molar-refractivity contribution in [3.63, 3.8) is 0 Å². The van der Waals surface area contributed by atoms with Crippen LogP contribution in [0.3, 0.4) is 0 Å². The van der Waals surface area contributed by atoms with Gasteiger partial charge >= 0.3 is 12.1 Å². The Morgan fingerprint density at radius 2 is 1.84 bits per heavy atom. The molecule has 0 aromatic carbocycles. The van der Waals surface area contributed by atoms with Crippen molar-refractivity contribution in [3.05, 3.63) is 36.5 Å². The smallest absolute Gasteiger partial charge is 0.475 e. The van der Waals surface area contributed by atoms with E-state index in [1.54, 1.807) is 18.5 Å². The van der Waals surface area contributed by atoms with E-state index in [0.29, 0.717) is 25.7 Å². The number of carbonyl (C=O) groups is 2. The molecule has 32 heavy (non-hydrogen) atoms. The molecule has 4 heterocycles. The van der Waals surface area contributed by atoms with Crippen LogP contribution < -0.4 is 4.90 Å². The maximum Gasteiger partial charge on any atom is 0.490 e. The van der Waals surface area contributed by atoms with Crippen molar-refractivity contribution in [1.82, 2.24) is 20.0 Å². The summed E-state index contributed by atoms with van der Waals surface area (Å²) in [5.74, 6) is -1.86. The minimum absolute atomic E-state index is 0.108. The fourth-order valence-corrected chi connectivity index (χ4v) is 3.73. The summed E-state index contributed by atoms with van der Waals surface area (Å²) < 4.78 is 42.7. The number of carboxylic acid groups (broad SMARTS) is 1. The van der Waals surface area contributed by atoms with E-state index in [-0.39, 0.29) is 17.1 Å². The van der Waals surface area contributed by atoms with Crippen LogP contribution in [0.5, 0.6) is 0 Å². The largest absolute Gasteiger partial charge is 0.490 e. The third kappa shape index (κ3) is 5.93. The first-order chi connectivity index (χ1) is 15.2. The average molecular weight is 457 g/mol. The van der Waals surface area contributed by atoms with E-state index < -0.39 is 12.1 Å². The normalized spacial score (nSPS) is 21.5. The highest BCUT2D eigenvalue weighted by Gasteiger charge is 2.41. The number of rotatable bonds is 2. The zero-order chi connectivity index (χ0) is 23.2. The number of hydrogen-bond acceptors (Lipinski definition) is 8. The second-order valence-electron chi connectivity index (χ2n) is 7.53. The standard InChI is InChI=1S/C17H21N5O3.C2HF3O2/c23-15(14-3-7-20-25-14)21-8-1-4-17(11-21)12-22(9-10-24-13-17)16-18-5-2-6-19-16;3-2(4,5)1(6)7/h2-3,5-7H,1,4,8-13H2;(H,6,7). The monoisotopic (exact) mass is 457 g/mol. The first kappa shape index (κ1) is 23.4. The van der Waals surface area contributed by atoms with Gasteiger partial charge in [0.05, 0.1) is 19.4 Å². The molecule has 0 saturated carbocycles. The van der Waals surface area contributed by atoms with Gasteiger partial charge in [0.25, 0.3) is 5.91 Å². The van der Waals surface area contributed by atoms with E-state index in [4.69, 9.17) is 19.2 Å². The summed E-state index contributed by atoms with van der Waals surface area (Å²) >= 11 is 0. The predicted octanol–water partition coefficient (Wildman–Crippen LogP) is 1.86. The number of hydrogen-bond donors (Lipinski definition) is 1. The number of aliphatic carboxylic acids is 1. The molecule has 4 rings (SSSR count). The first-order valence-corrected chi connectivity index (χ1v) is 9.80. The molecule has 10 nitrogen and oxygen atoms in total. The molecule has 1 atom stereocenters. The maximum absolute atomic E-state index is 12.6. The molecule has 2 fully saturated rings. The maximum atomic E-state index is 12.6. The zero-order valence-corrected chi connectivity index (χ0v) is 17.0. The lowest BCUT2D eigenvalue weighted by Crippen LogP contribution is -2.52. The van der Waals surface area contributed by atoms with Gasteiger partial charge in [-0.2, -0.15) is 13.2 Å². The van der Waals surface area contributed by atoms with Gasteiger partial charge in [0, 0.05) is 50.1 Å². The number of piperidine rings is 1. The third-order valence-corrected chi connectivity index (χ3v) is 5.11. The summed E-state index contributed by atoms with van der Waals surface area (Å²) in [5, 5.41) is 10.8. The van der Waals surface area contributed by atoms with Crippen LogP contribution in [-0.4, -0.2) is 82.6 Å². The van der Waals surface area contributed by atoms with Gasteiger partial charge in [-0.25, -0.2) is 14.8 Å². The van der Waals surface area contributed by atoms with Gasteiger partial charge in [-0.15, -0.1) is 0 Å². The highest BCUT2D eigenvalue weighted by molar-refractivity contribution is 5.91. The van der Waals surface area contributed by atoms with Crippen LogP contribution in [0.25, 0.3) is 0 Å². The molecule has 2 saturated heterocycles. The van der Waals surface area contributed by atoms with Crippen molar-refractivity contribution in [2.75, 3.05) is 44.3 Å². The molecule has 0 radical (unpaired) electrons. The van der Waals surface area contributed by atoms with Crippen molar-refractivity contribution in [2.24, 2.45) is 5.41 Å². The van der Waals surface area contributed by atoms with Gasteiger partial charge in [-0.05, 0) is 18.9 Å². The van der Waals surface area contributed by atoms with Crippen molar-refractivity contribution < 1.29 is 37.1 Å². The molecule has 174 valence electrons. The number of alkyl halides is 3. The summed E-state index contributed by atoms with van der Waals surface area (Å²) in [6, 6.07) is 3.42. The van der Waals surface area contributed by atoms with Crippen LogP contribution in [0.2, 0.25) is 0 Å². The Labute approximate surface area is 181 Å². The van der Waals surface area contributed by atoms with Crippen LogP contribution in [0.15, 0.2) is 35.2 Å². The molecule has 0 bridgehead atoms. The lowest BCUT2D eigenvalue weighted by Gasteiger charge is -2.43. The minimum Gasteiger partial charge on any atom is -0.475 e. The predicted molar refractivity (Wildman–Crippen MR) is 103 cm³/mol. The summed E-state index contributed by atoms with van der Waals surface area (Å²) in [5.41, 5.74) is -0.121. The summed E-state index contributed by atoms with van der Waals surface area (Å²) in [6.07, 6.45) is 1.86. The molecular weight excluding hydrogens is 435 g/mol. The number of carbonyl (C=O) groups excluding carboxylic acids is 1. The van der Waals surface area contributed by atoms with Gasteiger partial charge in [-0.1, -0.05) is 5.16 Å². The molecular formula is C19H22F3N5O5. The summed E-state index contributed by atoms with van der Waals surface area (Å²) in [4.78, 5) is 34.3. The number of amides is 1. The first-order valence-electron chi connectivity index (χ1n) is 9.80. The molecule has 0 aliphatic carbocycles. The van der Waals surface area contributed by atoms with E-state index in [2.05, 4.69) is 20.0 Å². The molecule has 13 heteroatoms. The minimum atomic E-state index is -5.08. The molecule has 2 aromatic rings. The number of halogens is 3. The number of likely N-dealkylation sites (tertiary alicyclic amines) is 1. The van der Waals surface area contributed by atoms with Gasteiger partial charge in [0.15, 0.2) is 0 Å². The van der Waals surface area contributed by atoms with E-state index in [1.807, 2.05) is 11.0 Å². The number of carboxylic acids is 1. The molecule has 1 unspecified atom stereocenters. The zero-order valence-electron chi connectivity index (χ0n) is 17.0. The van der Waals surface area contributed by atoms with Crippen LogP contribution >= 0.6 is 0 Å². The van der Waals surface area contributed by atoms with E-state index in [0.717, 1.165) is 32.5 Å². The molecule has 2 aliphatic heterocycles. The second kappa shape index (κ2) is 9.94. The Bertz CT molecular complexity index is 897. The van der Waals surface area contributed by atoms with Crippen molar-refractivity contribution in [1.29, 1.82) is 0 Å². The topological polar surface area (TPSA) is 122 Å². The molecule has 1 spiro atoms. The SMILES string of the molecule is O=C(O)C(F)(F)F.O=C(c1ccno1)N1CCCC2(COCCN(c3ncccn3)C2)C1. The number of ether oxygens (including phenoxy) is 1. The lowest BCUT2D eigenvalue weighted by molar-refractivity contribution is -0.192. The Morgan fingerprint density at radius 3 is 2.47 bits per heavy atom. The molecule has 1 amide bonds. The van der Waals surface area contributed by atoms with Crippen LogP contribution in [-0.2, 0) is 9.53 Å². The van der Waals surface area contributed by atoms with E-state index in [1.165, 1.54) is 6.20 Å². The van der Waals surface area contributed by atoms with Crippen molar-refractivity contribution >= 4 is 17.8 Å². The van der Waals surface area contributed by atoms with Gasteiger partial charge in [0.1, 0.15) is 0 Å². The number of nitrogens with zero attached hydrogens (tertiary/aromatic N) is 5. The van der Waals surface area contributed by atoms with Gasteiger partial charge in [0.2, 0.25) is 11.7 Å². The summed E-state index contributed by atoms with van der Waals surface area (Å²) in [7, 11) is 0. The summed E-state index contributed by atoms with van der Waals surface area (Å²) in [6.45, 7) is 4.16. The molecule has 2 aromatic heterocycles. The van der Waals surface area contributed by atoms with Crippen molar-refractivity contribution in [2.45, 2.75) is 19.0 Å². The Morgan fingerprint density at radius 1 is 1.12 bits per heavy atom. The Balaban J connectivity index is 0.000000360. The van der Waals surface area contributed by atoms with Gasteiger partial charge < -0.3 is 24.2 Å². The quantitative estimate of drug-likeness (QED) is 0.720. The molecule has 1 N–H and O–H groups in total. The Hall–Kier alpha value is -3.22. The van der Waals surface area contributed by atoms with E-state index in [9.17, 15) is 18.0 Å². The van der Waals surface area contributed by atoms with Crippen LogP contribution in [0.1, 0.15) is 23.4 Å². The Kier molecular flexibility index (Phi) is 7.28. The fraction of sp³-hybridized carbons (Fsp3) is 0.526. The van der Waals surface area contributed by atoms with E-state index >= 15 is 0 Å². The second-order valence-corrected chi connectivity index (χ2v) is 7.53. The highest BCUT2D eigenvalue weighted by Crippen LogP contribution is 2.34.